The molecule has 0 saturated carbocycles. The summed E-state index contributed by atoms with van der Waals surface area (Å²) in [6.07, 6.45) is 0. The average molecular weight is 305 g/mol. The molecule has 0 atom stereocenters. The normalized spacial score (nSPS) is 10.9. The molecule has 0 bridgehead atoms. The van der Waals surface area contributed by atoms with Crippen molar-refractivity contribution in [2.45, 2.75) is 19.2 Å². The Morgan fingerprint density at radius 2 is 2.06 bits per heavy atom. The Morgan fingerprint density at radius 3 is 2.65 bits per heavy atom. The van der Waals surface area contributed by atoms with Crippen LogP contribution in [0.3, 0.4) is 0 Å². The Kier molecular flexibility index (Phi) is 6.52. The van der Waals surface area contributed by atoms with Gasteiger partial charge in [-0.3, -0.25) is 0 Å². The number of hydrogen-bond acceptors (Lipinski definition) is 2. The summed E-state index contributed by atoms with van der Waals surface area (Å²) in [6.45, 7) is 5.72. The highest BCUT2D eigenvalue weighted by Gasteiger charge is 2.04. The maximum Gasteiger partial charge on any atom is 0.165 e. The number of hydrogen-bond donors (Lipinski definition) is 0. The third kappa shape index (κ3) is 5.50. The summed E-state index contributed by atoms with van der Waals surface area (Å²) >= 11 is 3.28. The van der Waals surface area contributed by atoms with Crippen LogP contribution in [-0.2, 0) is 10.1 Å². The summed E-state index contributed by atoms with van der Waals surface area (Å²) in [4.78, 5) is 0. The van der Waals surface area contributed by atoms with Gasteiger partial charge in [0, 0.05) is 11.9 Å². The molecule has 4 heteroatoms. The zero-order valence-electron chi connectivity index (χ0n) is 10.2. The van der Waals surface area contributed by atoms with Crippen molar-refractivity contribution < 1.29 is 13.9 Å². The minimum atomic E-state index is -0.328. The van der Waals surface area contributed by atoms with E-state index in [1.807, 2.05) is 6.07 Å². The molecule has 2 nitrogen and oxygen atoms in total. The van der Waals surface area contributed by atoms with Crippen LogP contribution in [0.2, 0.25) is 0 Å². The number of alkyl halides is 1. The lowest BCUT2D eigenvalue weighted by molar-refractivity contribution is 0.0808. The lowest BCUT2D eigenvalue weighted by atomic mass is 10.2. The number of halogens is 2. The summed E-state index contributed by atoms with van der Waals surface area (Å²) in [6, 6.07) is 4.95. The number of benzene rings is 1. The van der Waals surface area contributed by atoms with Crippen LogP contribution in [0, 0.1) is 11.7 Å². The van der Waals surface area contributed by atoms with Crippen molar-refractivity contribution in [2.75, 3.05) is 19.8 Å². The van der Waals surface area contributed by atoms with Crippen LogP contribution in [0.4, 0.5) is 4.39 Å². The predicted molar refractivity (Wildman–Crippen MR) is 70.2 cm³/mol. The number of ether oxygens (including phenoxy) is 2. The Hall–Kier alpha value is -0.610. The lowest BCUT2D eigenvalue weighted by Gasteiger charge is -2.09. The second-order valence-electron chi connectivity index (χ2n) is 4.22. The van der Waals surface area contributed by atoms with E-state index in [1.165, 1.54) is 6.07 Å². The van der Waals surface area contributed by atoms with Crippen LogP contribution < -0.4 is 4.74 Å². The van der Waals surface area contributed by atoms with Gasteiger partial charge >= 0.3 is 0 Å². The fourth-order valence-electron chi connectivity index (χ4n) is 1.27. The minimum absolute atomic E-state index is 0.280. The first kappa shape index (κ1) is 14.5. The van der Waals surface area contributed by atoms with Crippen LogP contribution in [-0.4, -0.2) is 19.8 Å². The zero-order chi connectivity index (χ0) is 12.7. The van der Waals surface area contributed by atoms with Crippen LogP contribution in [0.1, 0.15) is 19.4 Å². The quantitative estimate of drug-likeness (QED) is 0.564. The maximum atomic E-state index is 13.5. The van der Waals surface area contributed by atoms with Gasteiger partial charge in [-0.2, -0.15) is 0 Å². The molecule has 0 saturated heterocycles. The molecule has 0 unspecified atom stereocenters. The van der Waals surface area contributed by atoms with Crippen molar-refractivity contribution in [1.29, 1.82) is 0 Å². The summed E-state index contributed by atoms with van der Waals surface area (Å²) in [5, 5.41) is 0.641. The van der Waals surface area contributed by atoms with Crippen LogP contribution >= 0.6 is 15.9 Å². The molecule has 0 aliphatic rings. The first-order chi connectivity index (χ1) is 8.13. The van der Waals surface area contributed by atoms with Gasteiger partial charge in [-0.25, -0.2) is 4.39 Å². The Balaban J connectivity index is 2.32. The Bertz CT molecular complexity index is 342. The first-order valence-electron chi connectivity index (χ1n) is 5.68. The summed E-state index contributed by atoms with van der Waals surface area (Å²) in [5.41, 5.74) is 0.894. The Morgan fingerprint density at radius 1 is 1.29 bits per heavy atom. The molecule has 0 fully saturated rings. The average Bonchev–Trinajstić information content (AvgIpc) is 2.30. The van der Waals surface area contributed by atoms with E-state index in [1.54, 1.807) is 6.07 Å². The minimum Gasteiger partial charge on any atom is -0.488 e. The van der Waals surface area contributed by atoms with Crippen LogP contribution in [0.25, 0.3) is 0 Å². The van der Waals surface area contributed by atoms with E-state index < -0.39 is 0 Å². The first-order valence-corrected chi connectivity index (χ1v) is 6.80. The van der Waals surface area contributed by atoms with Gasteiger partial charge < -0.3 is 9.47 Å². The van der Waals surface area contributed by atoms with Crippen molar-refractivity contribution >= 4 is 15.9 Å². The smallest absolute Gasteiger partial charge is 0.165 e. The second kappa shape index (κ2) is 7.67. The van der Waals surface area contributed by atoms with Crippen LogP contribution in [0.5, 0.6) is 5.75 Å². The monoisotopic (exact) mass is 304 g/mol. The van der Waals surface area contributed by atoms with E-state index in [0.717, 1.165) is 5.56 Å². The van der Waals surface area contributed by atoms with Gasteiger partial charge in [-0.15, -0.1) is 0 Å². The molecule has 0 aromatic heterocycles. The molecule has 1 rings (SSSR count). The van der Waals surface area contributed by atoms with Gasteiger partial charge in [0.2, 0.25) is 0 Å². The maximum absolute atomic E-state index is 13.5. The largest absolute Gasteiger partial charge is 0.488 e. The molecular weight excluding hydrogens is 287 g/mol. The zero-order valence-corrected chi connectivity index (χ0v) is 11.8. The molecule has 0 spiro atoms. The lowest BCUT2D eigenvalue weighted by Crippen LogP contribution is -2.10. The van der Waals surface area contributed by atoms with Crippen molar-refractivity contribution in [3.8, 4) is 5.75 Å². The van der Waals surface area contributed by atoms with E-state index in [0.29, 0.717) is 31.1 Å². The summed E-state index contributed by atoms with van der Waals surface area (Å²) < 4.78 is 24.1. The number of rotatable bonds is 7. The standard InChI is InChI=1S/C13H18BrFO2/c1-10(2)9-16-5-6-17-13-4-3-11(8-14)7-12(13)15/h3-4,7,10H,5-6,8-9H2,1-2H3. The van der Waals surface area contributed by atoms with Gasteiger partial charge in [0.1, 0.15) is 6.61 Å². The molecule has 96 valence electrons. The molecule has 0 amide bonds. The third-order valence-corrected chi connectivity index (χ3v) is 2.73. The van der Waals surface area contributed by atoms with Crippen molar-refractivity contribution in [3.05, 3.63) is 29.6 Å². The summed E-state index contributed by atoms with van der Waals surface area (Å²) in [7, 11) is 0. The molecule has 0 aliphatic carbocycles. The molecule has 0 radical (unpaired) electrons. The fraction of sp³-hybridized carbons (Fsp3) is 0.538. The topological polar surface area (TPSA) is 18.5 Å². The van der Waals surface area contributed by atoms with Gasteiger partial charge in [0.05, 0.1) is 6.61 Å². The van der Waals surface area contributed by atoms with Gasteiger partial charge in [-0.05, 0) is 23.6 Å². The van der Waals surface area contributed by atoms with E-state index in [-0.39, 0.29) is 11.6 Å². The van der Waals surface area contributed by atoms with Gasteiger partial charge in [0.15, 0.2) is 11.6 Å². The third-order valence-electron chi connectivity index (χ3n) is 2.09. The highest BCUT2D eigenvalue weighted by atomic mass is 79.9. The second-order valence-corrected chi connectivity index (χ2v) is 4.78. The molecule has 1 aromatic carbocycles. The molecule has 0 aliphatic heterocycles. The highest BCUT2D eigenvalue weighted by Crippen LogP contribution is 2.19. The fourth-order valence-corrected chi connectivity index (χ4v) is 1.62. The van der Waals surface area contributed by atoms with Crippen LogP contribution in [0.15, 0.2) is 18.2 Å². The molecule has 1 aromatic rings. The Labute approximate surface area is 110 Å². The van der Waals surface area contributed by atoms with Crippen molar-refractivity contribution in [1.82, 2.24) is 0 Å². The molecule has 0 heterocycles. The summed E-state index contributed by atoms with van der Waals surface area (Å²) in [5.74, 6) is 0.457. The van der Waals surface area contributed by atoms with Gasteiger partial charge in [-0.1, -0.05) is 35.8 Å². The van der Waals surface area contributed by atoms with E-state index >= 15 is 0 Å². The highest BCUT2D eigenvalue weighted by molar-refractivity contribution is 9.08. The van der Waals surface area contributed by atoms with Gasteiger partial charge in [0.25, 0.3) is 0 Å². The van der Waals surface area contributed by atoms with E-state index in [4.69, 9.17) is 9.47 Å². The SMILES string of the molecule is CC(C)COCCOc1ccc(CBr)cc1F. The van der Waals surface area contributed by atoms with Crippen molar-refractivity contribution in [2.24, 2.45) is 5.92 Å². The molecule has 17 heavy (non-hydrogen) atoms. The van der Waals surface area contributed by atoms with E-state index in [9.17, 15) is 4.39 Å². The molecule has 0 N–H and O–H groups in total. The van der Waals surface area contributed by atoms with E-state index in [2.05, 4.69) is 29.8 Å². The molecular formula is C13H18BrFO2. The van der Waals surface area contributed by atoms with Crippen molar-refractivity contribution in [3.63, 3.8) is 0 Å². The predicted octanol–water partition coefficient (Wildman–Crippen LogP) is 3.77.